The Kier molecular flexibility index (Phi) is 7.67. The molecule has 0 aliphatic rings. The monoisotopic (exact) mass is 359 g/mol. The Hall–Kier alpha value is -2.14. The van der Waals surface area contributed by atoms with Gasteiger partial charge in [-0.15, -0.1) is 11.8 Å². The molecular formula is C20H25NO3S. The summed E-state index contributed by atoms with van der Waals surface area (Å²) in [5.41, 5.74) is 2.33. The second kappa shape index (κ2) is 9.99. The van der Waals surface area contributed by atoms with Crippen LogP contribution >= 0.6 is 11.8 Å². The minimum Gasteiger partial charge on any atom is -0.497 e. The van der Waals surface area contributed by atoms with E-state index in [1.54, 1.807) is 26.0 Å². The first-order valence-electron chi connectivity index (χ1n) is 8.27. The van der Waals surface area contributed by atoms with Crippen molar-refractivity contribution in [1.82, 2.24) is 5.32 Å². The van der Waals surface area contributed by atoms with Crippen molar-refractivity contribution >= 4 is 17.7 Å². The molecule has 1 atom stereocenters. The van der Waals surface area contributed by atoms with Gasteiger partial charge in [0.1, 0.15) is 11.5 Å². The summed E-state index contributed by atoms with van der Waals surface area (Å²) in [7, 11) is 3.31. The first-order chi connectivity index (χ1) is 12.1. The Bertz CT molecular complexity index is 673. The van der Waals surface area contributed by atoms with E-state index in [2.05, 4.69) is 5.32 Å². The molecule has 1 amide bonds. The number of hydrogen-bond donors (Lipinski definition) is 1. The maximum atomic E-state index is 12.2. The molecule has 2 rings (SSSR count). The largest absolute Gasteiger partial charge is 0.497 e. The van der Waals surface area contributed by atoms with Crippen LogP contribution in [0.25, 0.3) is 0 Å². The number of ether oxygens (including phenoxy) is 2. The lowest BCUT2D eigenvalue weighted by Crippen LogP contribution is -2.32. The SMILES string of the molecule is COc1ccc(CCNC(=O)C(C)SCc2cccc(OC)c2)cc1. The van der Waals surface area contributed by atoms with E-state index < -0.39 is 0 Å². The third-order valence-corrected chi connectivity index (χ3v) is 5.09. The van der Waals surface area contributed by atoms with Gasteiger partial charge in [-0.05, 0) is 48.7 Å². The first kappa shape index (κ1) is 19.2. The van der Waals surface area contributed by atoms with Crippen molar-refractivity contribution in [3.8, 4) is 11.5 Å². The Labute approximate surface area is 153 Å². The van der Waals surface area contributed by atoms with E-state index in [0.717, 1.165) is 29.2 Å². The number of carbonyl (C=O) groups is 1. The van der Waals surface area contributed by atoms with Crippen molar-refractivity contribution in [2.45, 2.75) is 24.3 Å². The zero-order valence-electron chi connectivity index (χ0n) is 15.0. The molecule has 0 radical (unpaired) electrons. The van der Waals surface area contributed by atoms with Gasteiger partial charge in [0.05, 0.1) is 19.5 Å². The molecule has 1 unspecified atom stereocenters. The highest BCUT2D eigenvalue weighted by molar-refractivity contribution is 7.99. The van der Waals surface area contributed by atoms with Crippen LogP contribution in [0.5, 0.6) is 11.5 Å². The van der Waals surface area contributed by atoms with Crippen LogP contribution in [0.3, 0.4) is 0 Å². The van der Waals surface area contributed by atoms with Crippen LogP contribution in [0, 0.1) is 0 Å². The molecule has 4 nitrogen and oxygen atoms in total. The lowest BCUT2D eigenvalue weighted by Gasteiger charge is -2.12. The molecule has 1 N–H and O–H groups in total. The van der Waals surface area contributed by atoms with E-state index in [1.165, 1.54) is 5.56 Å². The van der Waals surface area contributed by atoms with Gasteiger partial charge in [0.25, 0.3) is 0 Å². The van der Waals surface area contributed by atoms with Gasteiger partial charge in [0.15, 0.2) is 0 Å². The maximum Gasteiger partial charge on any atom is 0.232 e. The first-order valence-corrected chi connectivity index (χ1v) is 9.32. The number of rotatable bonds is 9. The fraction of sp³-hybridized carbons (Fsp3) is 0.350. The van der Waals surface area contributed by atoms with Gasteiger partial charge < -0.3 is 14.8 Å². The summed E-state index contributed by atoms with van der Waals surface area (Å²) in [6.07, 6.45) is 0.809. The summed E-state index contributed by atoms with van der Waals surface area (Å²) in [5, 5.41) is 2.91. The van der Waals surface area contributed by atoms with Crippen LogP contribution in [0.2, 0.25) is 0 Å². The predicted octanol–water partition coefficient (Wildman–Crippen LogP) is 3.68. The minimum atomic E-state index is -0.0953. The number of methoxy groups -OCH3 is 2. The standard InChI is InChI=1S/C20H25NO3S/c1-15(25-14-17-5-4-6-19(13-17)24-3)20(22)21-12-11-16-7-9-18(23-2)10-8-16/h4-10,13,15H,11-12,14H2,1-3H3,(H,21,22). The Balaban J connectivity index is 1.72. The molecule has 0 aromatic heterocycles. The van der Waals surface area contributed by atoms with Gasteiger partial charge in [-0.1, -0.05) is 24.3 Å². The highest BCUT2D eigenvalue weighted by Gasteiger charge is 2.13. The summed E-state index contributed by atoms with van der Waals surface area (Å²) in [4.78, 5) is 12.2. The molecule has 0 heterocycles. The normalized spacial score (nSPS) is 11.6. The van der Waals surface area contributed by atoms with Gasteiger partial charge in [0, 0.05) is 12.3 Å². The Morgan fingerprint density at radius 3 is 2.44 bits per heavy atom. The van der Waals surface area contributed by atoms with E-state index in [0.29, 0.717) is 6.54 Å². The zero-order valence-corrected chi connectivity index (χ0v) is 15.8. The molecule has 5 heteroatoms. The second-order valence-electron chi connectivity index (χ2n) is 5.69. The van der Waals surface area contributed by atoms with Crippen LogP contribution in [-0.4, -0.2) is 31.9 Å². The third-order valence-electron chi connectivity index (χ3n) is 3.88. The number of hydrogen-bond acceptors (Lipinski definition) is 4. The van der Waals surface area contributed by atoms with Gasteiger partial charge in [-0.25, -0.2) is 0 Å². The number of benzene rings is 2. The zero-order chi connectivity index (χ0) is 18.1. The fourth-order valence-electron chi connectivity index (χ4n) is 2.33. The summed E-state index contributed by atoms with van der Waals surface area (Å²) in [6, 6.07) is 15.8. The lowest BCUT2D eigenvalue weighted by molar-refractivity contribution is -0.120. The number of nitrogens with one attached hydrogen (secondary N) is 1. The van der Waals surface area contributed by atoms with E-state index in [-0.39, 0.29) is 11.2 Å². The van der Waals surface area contributed by atoms with Crippen molar-refractivity contribution in [1.29, 1.82) is 0 Å². The molecule has 2 aromatic carbocycles. The Morgan fingerprint density at radius 2 is 1.76 bits per heavy atom. The molecule has 2 aromatic rings. The third kappa shape index (κ3) is 6.35. The van der Waals surface area contributed by atoms with Crippen molar-refractivity contribution in [3.63, 3.8) is 0 Å². The maximum absolute atomic E-state index is 12.2. The van der Waals surface area contributed by atoms with Gasteiger partial charge in [-0.3, -0.25) is 4.79 Å². The second-order valence-corrected chi connectivity index (χ2v) is 7.02. The van der Waals surface area contributed by atoms with Crippen molar-refractivity contribution < 1.29 is 14.3 Å². The quantitative estimate of drug-likeness (QED) is 0.742. The van der Waals surface area contributed by atoms with Crippen LogP contribution in [-0.2, 0) is 17.0 Å². The van der Waals surface area contributed by atoms with Crippen LogP contribution in [0.1, 0.15) is 18.1 Å². The van der Waals surface area contributed by atoms with Gasteiger partial charge in [0.2, 0.25) is 5.91 Å². The molecule has 0 bridgehead atoms. The molecule has 0 spiro atoms. The van der Waals surface area contributed by atoms with Gasteiger partial charge >= 0.3 is 0 Å². The van der Waals surface area contributed by atoms with E-state index in [9.17, 15) is 4.79 Å². The fourth-order valence-corrected chi connectivity index (χ4v) is 3.18. The highest BCUT2D eigenvalue weighted by Crippen LogP contribution is 2.21. The van der Waals surface area contributed by atoms with E-state index >= 15 is 0 Å². The van der Waals surface area contributed by atoms with Crippen molar-refractivity contribution in [2.24, 2.45) is 0 Å². The summed E-state index contributed by atoms with van der Waals surface area (Å²) >= 11 is 1.62. The number of thioether (sulfide) groups is 1. The van der Waals surface area contributed by atoms with E-state index in [1.807, 2.05) is 55.5 Å². The molecule has 0 fully saturated rings. The minimum absolute atomic E-state index is 0.0707. The van der Waals surface area contributed by atoms with Gasteiger partial charge in [-0.2, -0.15) is 0 Å². The predicted molar refractivity (Wildman–Crippen MR) is 103 cm³/mol. The molecule has 0 saturated carbocycles. The smallest absolute Gasteiger partial charge is 0.232 e. The number of amides is 1. The molecular weight excluding hydrogens is 334 g/mol. The topological polar surface area (TPSA) is 47.6 Å². The lowest BCUT2D eigenvalue weighted by atomic mass is 10.1. The average Bonchev–Trinajstić information content (AvgIpc) is 2.66. The average molecular weight is 359 g/mol. The number of carbonyl (C=O) groups excluding carboxylic acids is 1. The van der Waals surface area contributed by atoms with Crippen LogP contribution in [0.4, 0.5) is 0 Å². The summed E-state index contributed by atoms with van der Waals surface area (Å²) in [6.45, 7) is 2.57. The molecule has 25 heavy (non-hydrogen) atoms. The highest BCUT2D eigenvalue weighted by atomic mass is 32.2. The Morgan fingerprint density at radius 1 is 1.04 bits per heavy atom. The molecule has 0 aliphatic carbocycles. The summed E-state index contributed by atoms with van der Waals surface area (Å²) < 4.78 is 10.4. The van der Waals surface area contributed by atoms with Crippen LogP contribution in [0.15, 0.2) is 48.5 Å². The van der Waals surface area contributed by atoms with Crippen LogP contribution < -0.4 is 14.8 Å². The van der Waals surface area contributed by atoms with Crippen molar-refractivity contribution in [3.05, 3.63) is 59.7 Å². The summed E-state index contributed by atoms with van der Waals surface area (Å²) in [5.74, 6) is 2.54. The van der Waals surface area contributed by atoms with Crippen molar-refractivity contribution in [2.75, 3.05) is 20.8 Å². The molecule has 0 saturated heterocycles. The molecule has 0 aliphatic heterocycles. The van der Waals surface area contributed by atoms with E-state index in [4.69, 9.17) is 9.47 Å². The molecule has 134 valence electrons.